The lowest BCUT2D eigenvalue weighted by atomic mass is 10.1. The van der Waals surface area contributed by atoms with Crippen LogP contribution >= 0.6 is 0 Å². The maximum absolute atomic E-state index is 12.1. The van der Waals surface area contributed by atoms with Crippen LogP contribution in [0.15, 0.2) is 70.4 Å². The summed E-state index contributed by atoms with van der Waals surface area (Å²) in [7, 11) is 0. The van der Waals surface area contributed by atoms with Gasteiger partial charge in [-0.05, 0) is 37.3 Å². The van der Waals surface area contributed by atoms with Gasteiger partial charge in [0.15, 0.2) is 0 Å². The Bertz CT molecular complexity index is 1070. The lowest BCUT2D eigenvalue weighted by molar-refractivity contribution is -0.384. The lowest BCUT2D eigenvalue weighted by Gasteiger charge is -2.06. The molecule has 146 valence electrons. The van der Waals surface area contributed by atoms with Crippen LogP contribution in [0.5, 0.6) is 5.75 Å². The first-order chi connectivity index (χ1) is 13.9. The van der Waals surface area contributed by atoms with Gasteiger partial charge in [0.25, 0.3) is 11.6 Å². The van der Waals surface area contributed by atoms with E-state index >= 15 is 0 Å². The maximum atomic E-state index is 12.1. The van der Waals surface area contributed by atoms with E-state index in [0.717, 1.165) is 11.8 Å². The molecule has 0 aliphatic rings. The van der Waals surface area contributed by atoms with Gasteiger partial charge in [-0.3, -0.25) is 14.9 Å². The van der Waals surface area contributed by atoms with Crippen molar-refractivity contribution in [1.82, 2.24) is 5.43 Å². The number of aryl methyl sites for hydroxylation is 1. The van der Waals surface area contributed by atoms with Crippen LogP contribution in [0.2, 0.25) is 0 Å². The van der Waals surface area contributed by atoms with Crippen LogP contribution in [0.4, 0.5) is 5.69 Å². The maximum Gasteiger partial charge on any atom is 0.379 e. The van der Waals surface area contributed by atoms with Crippen LogP contribution in [-0.4, -0.2) is 23.0 Å². The monoisotopic (exact) mass is 393 g/mol. The van der Waals surface area contributed by atoms with Crippen LogP contribution in [0.25, 0.3) is 0 Å². The van der Waals surface area contributed by atoms with Crippen molar-refractivity contribution in [2.75, 3.05) is 0 Å². The third-order valence-corrected chi connectivity index (χ3v) is 3.81. The molecule has 0 radical (unpaired) electrons. The summed E-state index contributed by atoms with van der Waals surface area (Å²) in [6, 6.07) is 13.4. The quantitative estimate of drug-likeness (QED) is 0.225. The summed E-state index contributed by atoms with van der Waals surface area (Å²) in [6.45, 7) is 1.90. The molecule has 29 heavy (non-hydrogen) atoms. The number of rotatable bonds is 6. The number of furan rings is 1. The van der Waals surface area contributed by atoms with Gasteiger partial charge in [0, 0.05) is 23.3 Å². The number of carbonyl (C=O) groups is 2. The molecule has 0 aliphatic carbocycles. The molecule has 0 saturated carbocycles. The number of carbonyl (C=O) groups excluding carboxylic acids is 2. The molecule has 1 heterocycles. The van der Waals surface area contributed by atoms with Crippen molar-refractivity contribution in [3.8, 4) is 5.75 Å². The second-order valence-corrected chi connectivity index (χ2v) is 5.91. The third-order valence-electron chi connectivity index (χ3n) is 3.81. The molecule has 1 aromatic heterocycles. The molecule has 0 saturated heterocycles. The van der Waals surface area contributed by atoms with Gasteiger partial charge in [0.1, 0.15) is 5.75 Å². The van der Waals surface area contributed by atoms with Gasteiger partial charge in [0.05, 0.1) is 17.4 Å². The van der Waals surface area contributed by atoms with Crippen LogP contribution in [0.1, 0.15) is 32.0 Å². The first-order valence-corrected chi connectivity index (χ1v) is 8.38. The predicted octanol–water partition coefficient (Wildman–Crippen LogP) is 3.48. The highest BCUT2D eigenvalue weighted by Gasteiger charge is 2.16. The standard InChI is InChI=1S/C20H15N3O6/c1-13-4-6-14(7-5-13)19(24)22-21-12-15-11-16(23(26)27)8-9-17(15)29-20(25)18-3-2-10-28-18/h2-12H,1H3,(H,22,24)/b21-12+. The van der Waals surface area contributed by atoms with E-state index in [1.165, 1.54) is 36.6 Å². The Morgan fingerprint density at radius 2 is 1.93 bits per heavy atom. The van der Waals surface area contributed by atoms with Crippen molar-refractivity contribution >= 4 is 23.8 Å². The Morgan fingerprint density at radius 3 is 2.59 bits per heavy atom. The molecule has 0 bridgehead atoms. The summed E-state index contributed by atoms with van der Waals surface area (Å²) >= 11 is 0. The number of nitrogens with one attached hydrogen (secondary N) is 1. The summed E-state index contributed by atoms with van der Waals surface area (Å²) in [6.07, 6.45) is 2.47. The first-order valence-electron chi connectivity index (χ1n) is 8.38. The molecule has 3 aromatic rings. The van der Waals surface area contributed by atoms with Gasteiger partial charge in [-0.25, -0.2) is 10.2 Å². The molecular weight excluding hydrogens is 378 g/mol. The molecule has 9 heteroatoms. The number of esters is 1. The highest BCUT2D eigenvalue weighted by Crippen LogP contribution is 2.24. The first kappa shape index (κ1) is 19.5. The van der Waals surface area contributed by atoms with Gasteiger partial charge in [-0.1, -0.05) is 17.7 Å². The summed E-state index contributed by atoms with van der Waals surface area (Å²) in [5.74, 6) is -1.24. The predicted molar refractivity (Wildman–Crippen MR) is 103 cm³/mol. The van der Waals surface area contributed by atoms with E-state index < -0.39 is 16.8 Å². The van der Waals surface area contributed by atoms with Gasteiger partial charge in [0.2, 0.25) is 5.76 Å². The lowest BCUT2D eigenvalue weighted by Crippen LogP contribution is -2.17. The van der Waals surface area contributed by atoms with Gasteiger partial charge in [-0.15, -0.1) is 0 Å². The molecule has 1 amide bonds. The van der Waals surface area contributed by atoms with Crippen LogP contribution in [0.3, 0.4) is 0 Å². The van der Waals surface area contributed by atoms with E-state index in [1.807, 2.05) is 6.92 Å². The number of hydrazone groups is 1. The zero-order valence-corrected chi connectivity index (χ0v) is 15.2. The van der Waals surface area contributed by atoms with Crippen molar-refractivity contribution in [3.63, 3.8) is 0 Å². The van der Waals surface area contributed by atoms with Crippen LogP contribution in [0, 0.1) is 17.0 Å². The van der Waals surface area contributed by atoms with Crippen LogP contribution in [-0.2, 0) is 0 Å². The minimum absolute atomic E-state index is 0.0188. The molecule has 0 unspecified atom stereocenters. The number of hydrogen-bond acceptors (Lipinski definition) is 7. The van der Waals surface area contributed by atoms with E-state index in [2.05, 4.69) is 10.5 Å². The topological polar surface area (TPSA) is 124 Å². The number of nitro groups is 1. The zero-order chi connectivity index (χ0) is 20.8. The molecule has 3 rings (SSSR count). The number of hydrogen-bond donors (Lipinski definition) is 1. The molecule has 0 spiro atoms. The smallest absolute Gasteiger partial charge is 0.379 e. The van der Waals surface area contributed by atoms with Crippen molar-refractivity contribution in [2.24, 2.45) is 5.10 Å². The summed E-state index contributed by atoms with van der Waals surface area (Å²) in [4.78, 5) is 34.6. The average Bonchev–Trinajstić information content (AvgIpc) is 3.24. The summed E-state index contributed by atoms with van der Waals surface area (Å²) in [5, 5.41) is 14.8. The van der Waals surface area contributed by atoms with Gasteiger partial charge in [-0.2, -0.15) is 5.10 Å². The average molecular weight is 393 g/mol. The van der Waals surface area contributed by atoms with Crippen molar-refractivity contribution in [1.29, 1.82) is 0 Å². The highest BCUT2D eigenvalue weighted by atomic mass is 16.6. The number of non-ortho nitro benzene ring substituents is 1. The van der Waals surface area contributed by atoms with E-state index in [9.17, 15) is 19.7 Å². The molecule has 0 aliphatic heterocycles. The number of nitrogens with zero attached hydrogens (tertiary/aromatic N) is 2. The Kier molecular flexibility index (Phi) is 5.79. The third kappa shape index (κ3) is 4.92. The Labute approximate surface area is 164 Å². The van der Waals surface area contributed by atoms with E-state index in [1.54, 1.807) is 24.3 Å². The SMILES string of the molecule is Cc1ccc(C(=O)N/N=C/c2cc([N+](=O)[O-])ccc2OC(=O)c2ccco2)cc1. The number of ether oxygens (including phenoxy) is 1. The van der Waals surface area contributed by atoms with E-state index in [0.29, 0.717) is 5.56 Å². The Balaban J connectivity index is 1.79. The summed E-state index contributed by atoms with van der Waals surface area (Å²) in [5.41, 5.74) is 3.63. The van der Waals surface area contributed by atoms with Crippen LogP contribution < -0.4 is 10.2 Å². The van der Waals surface area contributed by atoms with Crippen molar-refractivity contribution in [3.05, 3.63) is 93.4 Å². The van der Waals surface area contributed by atoms with Crippen molar-refractivity contribution in [2.45, 2.75) is 6.92 Å². The second kappa shape index (κ2) is 8.61. The normalized spacial score (nSPS) is 10.7. The largest absolute Gasteiger partial charge is 0.457 e. The van der Waals surface area contributed by atoms with E-state index in [4.69, 9.17) is 9.15 Å². The van der Waals surface area contributed by atoms with Crippen molar-refractivity contribution < 1.29 is 23.7 Å². The molecule has 9 nitrogen and oxygen atoms in total. The molecule has 1 N–H and O–H groups in total. The molecule has 2 aromatic carbocycles. The minimum Gasteiger partial charge on any atom is -0.457 e. The fourth-order valence-corrected chi connectivity index (χ4v) is 2.32. The Hall–Kier alpha value is -4.27. The second-order valence-electron chi connectivity index (χ2n) is 5.91. The van der Waals surface area contributed by atoms with Gasteiger partial charge >= 0.3 is 5.97 Å². The van der Waals surface area contributed by atoms with Gasteiger partial charge < -0.3 is 9.15 Å². The Morgan fingerprint density at radius 1 is 1.17 bits per heavy atom. The number of benzene rings is 2. The molecular formula is C20H15N3O6. The molecule has 0 fully saturated rings. The van der Waals surface area contributed by atoms with E-state index in [-0.39, 0.29) is 22.8 Å². The number of amides is 1. The zero-order valence-electron chi connectivity index (χ0n) is 15.2. The fourth-order valence-electron chi connectivity index (χ4n) is 2.32. The highest BCUT2D eigenvalue weighted by molar-refractivity contribution is 5.95. The minimum atomic E-state index is -0.776. The summed E-state index contributed by atoms with van der Waals surface area (Å²) < 4.78 is 10.2. The number of nitro benzene ring substituents is 1. The fraction of sp³-hybridized carbons (Fsp3) is 0.0500. The molecule has 0 atom stereocenters.